The summed E-state index contributed by atoms with van der Waals surface area (Å²) in [5.74, 6) is 0.424. The monoisotopic (exact) mass is 348 g/mol. The lowest BCUT2D eigenvalue weighted by atomic mass is 9.78. The molecule has 1 N–H and O–H groups in total. The number of phenols is 1. The molecule has 0 spiro atoms. The molecule has 2 atom stereocenters. The molecule has 1 fully saturated rings. The zero-order chi connectivity index (χ0) is 18.8. The van der Waals surface area contributed by atoms with E-state index in [2.05, 4.69) is 60.6 Å². The van der Waals surface area contributed by atoms with Crippen LogP contribution in [-0.4, -0.2) is 18.0 Å². The molecular weight excluding hydrogens is 312 g/mol. The largest absolute Gasteiger partial charge is 0.507 e. The minimum atomic E-state index is -0.125. The van der Waals surface area contributed by atoms with Gasteiger partial charge in [-0.1, -0.05) is 48.5 Å². The second kappa shape index (κ2) is 7.67. The van der Waals surface area contributed by atoms with Crippen molar-refractivity contribution in [1.29, 1.82) is 0 Å². The number of rotatable bonds is 4. The quantitative estimate of drug-likeness (QED) is 0.727. The van der Waals surface area contributed by atoms with Crippen molar-refractivity contribution in [3.05, 3.63) is 28.8 Å². The van der Waals surface area contributed by atoms with Crippen molar-refractivity contribution in [3.8, 4) is 5.75 Å². The lowest BCUT2D eigenvalue weighted by Crippen LogP contribution is -2.25. The van der Waals surface area contributed by atoms with Gasteiger partial charge in [0.15, 0.2) is 6.29 Å². The van der Waals surface area contributed by atoms with Gasteiger partial charge in [-0.25, -0.2) is 0 Å². The van der Waals surface area contributed by atoms with Crippen molar-refractivity contribution in [2.45, 2.75) is 97.4 Å². The number of benzene rings is 1. The van der Waals surface area contributed by atoms with Gasteiger partial charge in [0, 0.05) is 6.61 Å². The highest BCUT2D eigenvalue weighted by Crippen LogP contribution is 2.42. The standard InChI is InChI=1S/C22H36O3/c1-8-18(25-19-11-9-10-12-24-19)15-13-16(21(2,3)4)20(23)17(14-15)22(5,6)7/h13-14,18-19,23H,8-12H2,1-7H3. The Morgan fingerprint density at radius 3 is 2.04 bits per heavy atom. The summed E-state index contributed by atoms with van der Waals surface area (Å²) in [6, 6.07) is 4.25. The van der Waals surface area contributed by atoms with Crippen LogP contribution in [0.25, 0.3) is 0 Å². The van der Waals surface area contributed by atoms with Crippen molar-refractivity contribution in [2.75, 3.05) is 6.61 Å². The van der Waals surface area contributed by atoms with Crippen molar-refractivity contribution in [1.82, 2.24) is 0 Å². The topological polar surface area (TPSA) is 38.7 Å². The third-order valence-corrected chi connectivity index (χ3v) is 4.94. The number of aromatic hydroxyl groups is 1. The fraction of sp³-hybridized carbons (Fsp3) is 0.727. The zero-order valence-corrected chi connectivity index (χ0v) is 17.1. The normalized spacial score (nSPS) is 20.5. The molecule has 3 heteroatoms. The predicted molar refractivity (Wildman–Crippen MR) is 103 cm³/mol. The minimum Gasteiger partial charge on any atom is -0.507 e. The summed E-state index contributed by atoms with van der Waals surface area (Å²) in [4.78, 5) is 0. The van der Waals surface area contributed by atoms with Crippen LogP contribution in [0.1, 0.15) is 96.9 Å². The molecule has 0 bridgehead atoms. The minimum absolute atomic E-state index is 0.00843. The molecule has 0 aromatic heterocycles. The van der Waals surface area contributed by atoms with Gasteiger partial charge in [-0.3, -0.25) is 0 Å². The summed E-state index contributed by atoms with van der Waals surface area (Å²) in [6.45, 7) is 15.8. The average Bonchev–Trinajstić information content (AvgIpc) is 2.51. The van der Waals surface area contributed by atoms with Gasteiger partial charge in [0.1, 0.15) is 5.75 Å². The Balaban J connectivity index is 2.43. The Hall–Kier alpha value is -1.06. The second-order valence-corrected chi connectivity index (χ2v) is 9.29. The Morgan fingerprint density at radius 2 is 1.64 bits per heavy atom. The fourth-order valence-electron chi connectivity index (χ4n) is 3.40. The molecular formula is C22H36O3. The first kappa shape index (κ1) is 20.3. The van der Waals surface area contributed by atoms with Crippen LogP contribution in [0.2, 0.25) is 0 Å². The van der Waals surface area contributed by atoms with Gasteiger partial charge in [-0.2, -0.15) is 0 Å². The molecule has 0 saturated carbocycles. The van der Waals surface area contributed by atoms with Gasteiger partial charge in [-0.15, -0.1) is 0 Å². The lowest BCUT2D eigenvalue weighted by molar-refractivity contribution is -0.190. The zero-order valence-electron chi connectivity index (χ0n) is 17.1. The summed E-state index contributed by atoms with van der Waals surface area (Å²) in [7, 11) is 0. The van der Waals surface area contributed by atoms with Crippen LogP contribution in [0.5, 0.6) is 5.75 Å². The van der Waals surface area contributed by atoms with Crippen LogP contribution in [0, 0.1) is 0 Å². The molecule has 25 heavy (non-hydrogen) atoms. The highest BCUT2D eigenvalue weighted by atomic mass is 16.7. The fourth-order valence-corrected chi connectivity index (χ4v) is 3.40. The first-order valence-corrected chi connectivity index (χ1v) is 9.69. The maximum absolute atomic E-state index is 10.9. The highest BCUT2D eigenvalue weighted by molar-refractivity contribution is 5.50. The molecule has 1 heterocycles. The van der Waals surface area contributed by atoms with Crippen molar-refractivity contribution >= 4 is 0 Å². The van der Waals surface area contributed by atoms with E-state index in [4.69, 9.17) is 9.47 Å². The summed E-state index contributed by atoms with van der Waals surface area (Å²) in [6.07, 6.45) is 4.02. The Kier molecular flexibility index (Phi) is 6.22. The van der Waals surface area contributed by atoms with E-state index in [1.807, 2.05) is 0 Å². The SMILES string of the molecule is CCC(OC1CCCCO1)c1cc(C(C)(C)C)c(O)c(C(C)(C)C)c1. The van der Waals surface area contributed by atoms with Gasteiger partial charge >= 0.3 is 0 Å². The first-order valence-electron chi connectivity index (χ1n) is 9.69. The first-order chi connectivity index (χ1) is 11.5. The van der Waals surface area contributed by atoms with Crippen LogP contribution < -0.4 is 0 Å². The molecule has 0 radical (unpaired) electrons. The van der Waals surface area contributed by atoms with Gasteiger partial charge in [0.25, 0.3) is 0 Å². The van der Waals surface area contributed by atoms with Crippen LogP contribution in [-0.2, 0) is 20.3 Å². The smallest absolute Gasteiger partial charge is 0.158 e. The molecule has 142 valence electrons. The summed E-state index contributed by atoms with van der Waals surface area (Å²) >= 11 is 0. The van der Waals surface area contributed by atoms with Crippen LogP contribution in [0.3, 0.4) is 0 Å². The molecule has 1 aliphatic heterocycles. The Bertz CT molecular complexity index is 537. The van der Waals surface area contributed by atoms with Crippen LogP contribution >= 0.6 is 0 Å². The molecule has 1 saturated heterocycles. The van der Waals surface area contributed by atoms with Gasteiger partial charge < -0.3 is 14.6 Å². The van der Waals surface area contributed by atoms with E-state index in [0.717, 1.165) is 49.0 Å². The van der Waals surface area contributed by atoms with Crippen LogP contribution in [0.4, 0.5) is 0 Å². The number of hydrogen-bond donors (Lipinski definition) is 1. The van der Waals surface area contributed by atoms with E-state index in [9.17, 15) is 5.11 Å². The average molecular weight is 349 g/mol. The van der Waals surface area contributed by atoms with Crippen molar-refractivity contribution in [2.24, 2.45) is 0 Å². The van der Waals surface area contributed by atoms with Gasteiger partial charge in [-0.05, 0) is 65.3 Å². The molecule has 0 amide bonds. The third-order valence-electron chi connectivity index (χ3n) is 4.94. The van der Waals surface area contributed by atoms with Crippen molar-refractivity contribution < 1.29 is 14.6 Å². The predicted octanol–water partition coefficient (Wildman–Crippen LogP) is 5.98. The Labute approximate surface area is 153 Å². The molecule has 0 aliphatic carbocycles. The van der Waals surface area contributed by atoms with Crippen LogP contribution in [0.15, 0.2) is 12.1 Å². The number of ether oxygens (including phenoxy) is 2. The van der Waals surface area contributed by atoms with Crippen molar-refractivity contribution in [3.63, 3.8) is 0 Å². The summed E-state index contributed by atoms with van der Waals surface area (Å²) in [5, 5.41) is 10.9. The van der Waals surface area contributed by atoms with E-state index in [1.165, 1.54) is 0 Å². The molecule has 1 aliphatic rings. The van der Waals surface area contributed by atoms with E-state index in [0.29, 0.717) is 5.75 Å². The Morgan fingerprint density at radius 1 is 1.08 bits per heavy atom. The second-order valence-electron chi connectivity index (χ2n) is 9.29. The molecule has 1 aromatic rings. The highest BCUT2D eigenvalue weighted by Gasteiger charge is 2.29. The molecule has 1 aromatic carbocycles. The summed E-state index contributed by atoms with van der Waals surface area (Å²) in [5.41, 5.74) is 2.87. The van der Waals surface area contributed by atoms with E-state index in [-0.39, 0.29) is 23.2 Å². The summed E-state index contributed by atoms with van der Waals surface area (Å²) < 4.78 is 12.1. The van der Waals surface area contributed by atoms with E-state index < -0.39 is 0 Å². The molecule has 2 unspecified atom stereocenters. The maximum Gasteiger partial charge on any atom is 0.158 e. The van der Waals surface area contributed by atoms with Gasteiger partial charge in [0.2, 0.25) is 0 Å². The third kappa shape index (κ3) is 4.98. The number of phenolic OH excluding ortho intramolecular Hbond substituents is 1. The van der Waals surface area contributed by atoms with Gasteiger partial charge in [0.05, 0.1) is 6.10 Å². The lowest BCUT2D eigenvalue weighted by Gasteiger charge is -2.31. The van der Waals surface area contributed by atoms with E-state index in [1.54, 1.807) is 0 Å². The van der Waals surface area contributed by atoms with E-state index >= 15 is 0 Å². The number of hydrogen-bond acceptors (Lipinski definition) is 3. The molecule has 3 nitrogen and oxygen atoms in total. The maximum atomic E-state index is 10.9. The molecule has 2 rings (SSSR count).